The van der Waals surface area contributed by atoms with Crippen LogP contribution >= 0.6 is 11.6 Å². The van der Waals surface area contributed by atoms with E-state index in [1.165, 1.54) is 55.6 Å². The molecular formula is C25H17ClF3NO5. The molecule has 3 aromatic rings. The average Bonchev–Trinajstić information content (AvgIpc) is 3.09. The minimum atomic E-state index is -4.69. The number of amides is 1. The number of hydrogen-bond donors (Lipinski definition) is 2. The molecule has 0 spiro atoms. The van der Waals surface area contributed by atoms with Gasteiger partial charge in [-0.05, 0) is 60.2 Å². The number of phenolic OH excluding ortho intramolecular Hbond substituents is 1. The summed E-state index contributed by atoms with van der Waals surface area (Å²) in [4.78, 5) is 27.1. The summed E-state index contributed by atoms with van der Waals surface area (Å²) in [6, 6.07) is 12.4. The number of aromatic hydroxyl groups is 1. The number of carbonyl (C=O) groups excluding carboxylic acids is 2. The third kappa shape index (κ3) is 4.42. The number of halogens is 4. The monoisotopic (exact) mass is 503 g/mol. The molecule has 1 aliphatic rings. The third-order valence-electron chi connectivity index (χ3n) is 5.53. The number of benzene rings is 3. The van der Waals surface area contributed by atoms with Gasteiger partial charge >= 0.3 is 6.18 Å². The number of nitrogens with zero attached hydrogens (tertiary/aromatic N) is 1. The van der Waals surface area contributed by atoms with Crippen molar-refractivity contribution in [2.24, 2.45) is 0 Å². The van der Waals surface area contributed by atoms with Crippen LogP contribution in [0.2, 0.25) is 5.02 Å². The average molecular weight is 504 g/mol. The number of ketones is 1. The molecule has 10 heteroatoms. The fourth-order valence-corrected chi connectivity index (χ4v) is 4.00. The van der Waals surface area contributed by atoms with Crippen LogP contribution in [0.3, 0.4) is 0 Å². The third-order valence-corrected chi connectivity index (χ3v) is 5.79. The van der Waals surface area contributed by atoms with Crippen molar-refractivity contribution in [3.63, 3.8) is 0 Å². The van der Waals surface area contributed by atoms with Crippen molar-refractivity contribution in [1.29, 1.82) is 0 Å². The Bertz CT molecular complexity index is 1350. The van der Waals surface area contributed by atoms with Crippen molar-refractivity contribution in [2.45, 2.75) is 12.2 Å². The van der Waals surface area contributed by atoms with Gasteiger partial charge in [0.15, 0.2) is 11.5 Å². The lowest BCUT2D eigenvalue weighted by molar-refractivity contribution is -0.137. The number of alkyl halides is 3. The number of carbonyl (C=O) groups is 2. The molecule has 1 heterocycles. The lowest BCUT2D eigenvalue weighted by atomic mass is 9.94. The number of methoxy groups -OCH3 is 1. The number of ether oxygens (including phenoxy) is 1. The Labute approximate surface area is 202 Å². The van der Waals surface area contributed by atoms with E-state index in [0.717, 1.165) is 23.1 Å². The van der Waals surface area contributed by atoms with Gasteiger partial charge in [0.05, 0.1) is 24.3 Å². The van der Waals surface area contributed by atoms with Gasteiger partial charge in [-0.3, -0.25) is 14.5 Å². The quantitative estimate of drug-likeness (QED) is 0.271. The van der Waals surface area contributed by atoms with E-state index in [1.807, 2.05) is 0 Å². The van der Waals surface area contributed by atoms with Crippen LogP contribution < -0.4 is 9.64 Å². The highest BCUT2D eigenvalue weighted by molar-refractivity contribution is 6.51. The molecule has 0 aromatic heterocycles. The molecule has 0 saturated carbocycles. The SMILES string of the molecule is COc1cc([C@@H]2C(=C(O)c3ccc(Cl)cc3)C(=O)C(=O)N2c2cccc(C(F)(F)F)c2)ccc1O. The highest BCUT2D eigenvalue weighted by Crippen LogP contribution is 2.45. The number of phenols is 1. The summed E-state index contributed by atoms with van der Waals surface area (Å²) >= 11 is 5.90. The van der Waals surface area contributed by atoms with Crippen LogP contribution in [0.4, 0.5) is 18.9 Å². The molecule has 1 fully saturated rings. The Hall–Kier alpha value is -3.98. The first-order valence-electron chi connectivity index (χ1n) is 10.1. The number of rotatable bonds is 4. The lowest BCUT2D eigenvalue weighted by Crippen LogP contribution is -2.29. The Kier molecular flexibility index (Phi) is 6.21. The van der Waals surface area contributed by atoms with Gasteiger partial charge in [-0.15, -0.1) is 0 Å². The van der Waals surface area contributed by atoms with Crippen molar-refractivity contribution in [3.05, 3.63) is 94.0 Å². The Morgan fingerprint density at radius 1 is 1.03 bits per heavy atom. The van der Waals surface area contributed by atoms with Crippen LogP contribution in [0.25, 0.3) is 5.76 Å². The predicted molar refractivity (Wildman–Crippen MR) is 122 cm³/mol. The number of aliphatic hydroxyl groups excluding tert-OH is 1. The van der Waals surface area contributed by atoms with Crippen LogP contribution in [-0.2, 0) is 15.8 Å². The van der Waals surface area contributed by atoms with Crippen molar-refractivity contribution in [2.75, 3.05) is 12.0 Å². The van der Waals surface area contributed by atoms with Gasteiger partial charge in [-0.25, -0.2) is 0 Å². The fraction of sp³-hybridized carbons (Fsp3) is 0.120. The van der Waals surface area contributed by atoms with E-state index in [1.54, 1.807) is 0 Å². The van der Waals surface area contributed by atoms with Crippen LogP contribution in [0, 0.1) is 0 Å². The Morgan fingerprint density at radius 2 is 1.71 bits per heavy atom. The second-order valence-corrected chi connectivity index (χ2v) is 8.09. The minimum Gasteiger partial charge on any atom is -0.507 e. The summed E-state index contributed by atoms with van der Waals surface area (Å²) in [5.74, 6) is -2.98. The normalized spacial score (nSPS) is 17.6. The molecule has 2 N–H and O–H groups in total. The van der Waals surface area contributed by atoms with E-state index in [-0.39, 0.29) is 33.9 Å². The first kappa shape index (κ1) is 24.2. The van der Waals surface area contributed by atoms with E-state index in [0.29, 0.717) is 5.02 Å². The molecular weight excluding hydrogens is 487 g/mol. The maximum absolute atomic E-state index is 13.4. The van der Waals surface area contributed by atoms with Crippen LogP contribution in [0.5, 0.6) is 11.5 Å². The minimum absolute atomic E-state index is 0.00335. The second kappa shape index (κ2) is 8.99. The fourth-order valence-electron chi connectivity index (χ4n) is 3.87. The molecule has 180 valence electrons. The van der Waals surface area contributed by atoms with E-state index < -0.39 is 35.2 Å². The topological polar surface area (TPSA) is 87.1 Å². The van der Waals surface area contributed by atoms with Crippen molar-refractivity contribution < 1.29 is 37.7 Å². The van der Waals surface area contributed by atoms with Crippen LogP contribution in [0.15, 0.2) is 72.3 Å². The maximum atomic E-state index is 13.4. The maximum Gasteiger partial charge on any atom is 0.416 e. The summed E-state index contributed by atoms with van der Waals surface area (Å²) in [5.41, 5.74) is -1.17. The van der Waals surface area contributed by atoms with Gasteiger partial charge in [0.25, 0.3) is 11.7 Å². The zero-order chi connectivity index (χ0) is 25.5. The second-order valence-electron chi connectivity index (χ2n) is 7.66. The number of anilines is 1. The zero-order valence-corrected chi connectivity index (χ0v) is 18.8. The summed E-state index contributed by atoms with van der Waals surface area (Å²) in [7, 11) is 1.29. The predicted octanol–water partition coefficient (Wildman–Crippen LogP) is 5.70. The Morgan fingerprint density at radius 3 is 2.34 bits per heavy atom. The Balaban J connectivity index is 1.97. The van der Waals surface area contributed by atoms with Gasteiger partial charge in [0, 0.05) is 16.3 Å². The van der Waals surface area contributed by atoms with E-state index in [9.17, 15) is 33.0 Å². The van der Waals surface area contributed by atoms with Gasteiger partial charge in [0.1, 0.15) is 5.76 Å². The molecule has 0 radical (unpaired) electrons. The summed E-state index contributed by atoms with van der Waals surface area (Å²) in [6.07, 6.45) is -4.69. The largest absolute Gasteiger partial charge is 0.507 e. The highest BCUT2D eigenvalue weighted by Gasteiger charge is 2.47. The van der Waals surface area contributed by atoms with Crippen molar-refractivity contribution >= 4 is 34.7 Å². The lowest BCUT2D eigenvalue weighted by Gasteiger charge is -2.26. The molecule has 1 atom stereocenters. The molecule has 0 unspecified atom stereocenters. The molecule has 0 aliphatic carbocycles. The number of hydrogen-bond acceptors (Lipinski definition) is 5. The molecule has 3 aromatic carbocycles. The number of aliphatic hydroxyl groups is 1. The molecule has 1 aliphatic heterocycles. The number of Topliss-reactive ketones (excluding diaryl/α,β-unsaturated/α-hetero) is 1. The van der Waals surface area contributed by atoms with Crippen molar-refractivity contribution in [1.82, 2.24) is 0 Å². The highest BCUT2D eigenvalue weighted by atomic mass is 35.5. The summed E-state index contributed by atoms with van der Waals surface area (Å²) < 4.78 is 45.2. The molecule has 1 saturated heterocycles. The van der Waals surface area contributed by atoms with Crippen molar-refractivity contribution in [3.8, 4) is 11.5 Å². The first-order valence-corrected chi connectivity index (χ1v) is 10.5. The summed E-state index contributed by atoms with van der Waals surface area (Å²) in [5, 5.41) is 21.4. The smallest absolute Gasteiger partial charge is 0.416 e. The van der Waals surface area contributed by atoms with Crippen LogP contribution in [-0.4, -0.2) is 29.0 Å². The molecule has 0 bridgehead atoms. The molecule has 4 rings (SSSR count). The zero-order valence-electron chi connectivity index (χ0n) is 18.0. The van der Waals surface area contributed by atoms with Gasteiger partial charge in [0.2, 0.25) is 0 Å². The van der Waals surface area contributed by atoms with E-state index >= 15 is 0 Å². The standard InChI is InChI=1S/C25H17ClF3NO5/c1-35-19-11-14(7-10-18(19)31)21-20(22(32)13-5-8-16(26)9-6-13)23(33)24(34)30(21)17-4-2-3-15(12-17)25(27,28)29/h2-12,21,31-32H,1H3/t21-/m1/s1. The van der Waals surface area contributed by atoms with Crippen LogP contribution in [0.1, 0.15) is 22.7 Å². The summed E-state index contributed by atoms with van der Waals surface area (Å²) in [6.45, 7) is 0. The van der Waals surface area contributed by atoms with E-state index in [4.69, 9.17) is 16.3 Å². The first-order chi connectivity index (χ1) is 16.5. The van der Waals surface area contributed by atoms with Gasteiger partial charge < -0.3 is 14.9 Å². The van der Waals surface area contributed by atoms with Gasteiger partial charge in [-0.2, -0.15) is 13.2 Å². The molecule has 6 nitrogen and oxygen atoms in total. The molecule has 1 amide bonds. The van der Waals surface area contributed by atoms with E-state index in [2.05, 4.69) is 0 Å². The molecule has 35 heavy (non-hydrogen) atoms. The van der Waals surface area contributed by atoms with Gasteiger partial charge in [-0.1, -0.05) is 23.7 Å².